The molecule has 1 atom stereocenters. The third kappa shape index (κ3) is 3.72. The Morgan fingerprint density at radius 1 is 0.968 bits per heavy atom. The monoisotopic (exact) mass is 416 g/mol. The van der Waals surface area contributed by atoms with Crippen molar-refractivity contribution in [1.82, 2.24) is 4.98 Å². The summed E-state index contributed by atoms with van der Waals surface area (Å²) >= 11 is 0. The molecular formula is C25H21FN2O3. The van der Waals surface area contributed by atoms with Crippen molar-refractivity contribution in [2.24, 2.45) is 0 Å². The highest BCUT2D eigenvalue weighted by atomic mass is 19.1. The van der Waals surface area contributed by atoms with Crippen molar-refractivity contribution in [2.45, 2.75) is 25.8 Å². The molecule has 1 unspecified atom stereocenters. The first-order valence-electron chi connectivity index (χ1n) is 9.95. The van der Waals surface area contributed by atoms with Crippen LogP contribution in [0, 0.1) is 5.82 Å². The molecule has 1 fully saturated rings. The first-order valence-corrected chi connectivity index (χ1v) is 9.95. The Hall–Kier alpha value is -3.80. The molecular weight excluding hydrogens is 395 g/mol. The van der Waals surface area contributed by atoms with Crippen LogP contribution in [0.25, 0.3) is 5.76 Å². The van der Waals surface area contributed by atoms with Gasteiger partial charge in [0.15, 0.2) is 0 Å². The number of Topliss-reactive ketones (excluding diaryl/α,β-unsaturated/α-hetero) is 1. The Labute approximate surface area is 179 Å². The molecule has 6 heteroatoms. The number of benzene rings is 2. The van der Waals surface area contributed by atoms with Gasteiger partial charge in [0.1, 0.15) is 11.6 Å². The second kappa shape index (κ2) is 8.14. The summed E-state index contributed by atoms with van der Waals surface area (Å²) < 4.78 is 13.3. The van der Waals surface area contributed by atoms with Crippen LogP contribution in [0.1, 0.15) is 42.5 Å². The smallest absolute Gasteiger partial charge is 0.300 e. The summed E-state index contributed by atoms with van der Waals surface area (Å²) in [5.41, 5.74) is 2.49. The summed E-state index contributed by atoms with van der Waals surface area (Å²) in [5, 5.41) is 11.0. The Balaban J connectivity index is 1.89. The maximum Gasteiger partial charge on any atom is 0.300 e. The van der Waals surface area contributed by atoms with E-state index in [9.17, 15) is 19.1 Å². The number of anilines is 1. The number of aliphatic hydroxyl groups is 1. The SMILES string of the molecule is CC(C)c1ccc(N2C(=O)C(=O)/C(=C(/O)c3ccc(F)cc3)C2c2ccncc2)cc1. The van der Waals surface area contributed by atoms with E-state index in [4.69, 9.17) is 0 Å². The van der Waals surface area contributed by atoms with Gasteiger partial charge >= 0.3 is 0 Å². The molecule has 1 aliphatic heterocycles. The summed E-state index contributed by atoms with van der Waals surface area (Å²) in [6.07, 6.45) is 3.13. The minimum atomic E-state index is -0.835. The minimum Gasteiger partial charge on any atom is -0.507 e. The summed E-state index contributed by atoms with van der Waals surface area (Å²) in [6, 6.07) is 15.1. The predicted octanol–water partition coefficient (Wildman–Crippen LogP) is 4.97. The van der Waals surface area contributed by atoms with Crippen LogP contribution in [0.5, 0.6) is 0 Å². The number of amides is 1. The average molecular weight is 416 g/mol. The normalized spacial score (nSPS) is 18.1. The fourth-order valence-corrected chi connectivity index (χ4v) is 3.74. The molecule has 2 aromatic carbocycles. The number of ketones is 1. The second-order valence-corrected chi connectivity index (χ2v) is 7.70. The van der Waals surface area contributed by atoms with Crippen LogP contribution in [-0.4, -0.2) is 21.8 Å². The Morgan fingerprint density at radius 3 is 2.16 bits per heavy atom. The van der Waals surface area contributed by atoms with Gasteiger partial charge in [-0.1, -0.05) is 26.0 Å². The molecule has 4 rings (SSSR count). The number of halogens is 1. The fourth-order valence-electron chi connectivity index (χ4n) is 3.74. The van der Waals surface area contributed by atoms with E-state index in [1.807, 2.05) is 12.1 Å². The minimum absolute atomic E-state index is 0.0456. The maximum atomic E-state index is 13.3. The van der Waals surface area contributed by atoms with Gasteiger partial charge in [0, 0.05) is 23.6 Å². The van der Waals surface area contributed by atoms with Crippen LogP contribution in [0.4, 0.5) is 10.1 Å². The molecule has 0 bridgehead atoms. The Morgan fingerprint density at radius 2 is 1.58 bits per heavy atom. The lowest BCUT2D eigenvalue weighted by Gasteiger charge is -2.25. The Bertz CT molecular complexity index is 1150. The highest BCUT2D eigenvalue weighted by molar-refractivity contribution is 6.51. The van der Waals surface area contributed by atoms with Crippen LogP contribution >= 0.6 is 0 Å². The van der Waals surface area contributed by atoms with E-state index in [1.165, 1.54) is 29.2 Å². The molecule has 1 aromatic heterocycles. The van der Waals surface area contributed by atoms with Crippen LogP contribution in [-0.2, 0) is 9.59 Å². The lowest BCUT2D eigenvalue weighted by atomic mass is 9.95. The van der Waals surface area contributed by atoms with Crippen molar-refractivity contribution in [2.75, 3.05) is 4.90 Å². The van der Waals surface area contributed by atoms with Crippen molar-refractivity contribution in [3.8, 4) is 0 Å². The standard InChI is InChI=1S/C25H21FN2O3/c1-15(2)16-5-9-20(10-6-16)28-22(17-11-13-27-14-12-17)21(24(30)25(28)31)23(29)18-3-7-19(26)8-4-18/h3-15,22,29H,1-2H3/b23-21+. The maximum absolute atomic E-state index is 13.3. The number of nitrogens with zero attached hydrogens (tertiary/aromatic N) is 2. The topological polar surface area (TPSA) is 70.5 Å². The third-order valence-electron chi connectivity index (χ3n) is 5.42. The summed E-state index contributed by atoms with van der Waals surface area (Å²) in [4.78, 5) is 31.5. The highest BCUT2D eigenvalue weighted by Gasteiger charge is 2.46. The molecule has 0 radical (unpaired) electrons. The largest absolute Gasteiger partial charge is 0.507 e. The van der Waals surface area contributed by atoms with Crippen LogP contribution in [0.2, 0.25) is 0 Å². The van der Waals surface area contributed by atoms with E-state index in [0.29, 0.717) is 17.2 Å². The first-order chi connectivity index (χ1) is 14.9. The molecule has 2 heterocycles. The van der Waals surface area contributed by atoms with Gasteiger partial charge in [0.2, 0.25) is 0 Å². The molecule has 31 heavy (non-hydrogen) atoms. The van der Waals surface area contributed by atoms with E-state index < -0.39 is 23.5 Å². The molecule has 1 amide bonds. The molecule has 0 saturated carbocycles. The van der Waals surface area contributed by atoms with Gasteiger partial charge in [-0.25, -0.2) is 4.39 Å². The molecule has 0 aliphatic carbocycles. The zero-order chi connectivity index (χ0) is 22.1. The number of carbonyl (C=O) groups excluding carboxylic acids is 2. The van der Waals surface area contributed by atoms with Crippen molar-refractivity contribution in [3.63, 3.8) is 0 Å². The molecule has 156 valence electrons. The second-order valence-electron chi connectivity index (χ2n) is 7.70. The first kappa shape index (κ1) is 20.5. The molecule has 1 N–H and O–H groups in total. The van der Waals surface area contributed by atoms with Gasteiger partial charge in [-0.15, -0.1) is 0 Å². The number of aromatic nitrogens is 1. The van der Waals surface area contributed by atoms with Gasteiger partial charge in [0.25, 0.3) is 11.7 Å². The molecule has 1 saturated heterocycles. The number of hydrogen-bond donors (Lipinski definition) is 1. The zero-order valence-corrected chi connectivity index (χ0v) is 17.1. The van der Waals surface area contributed by atoms with Gasteiger partial charge in [0.05, 0.1) is 11.6 Å². The summed E-state index contributed by atoms with van der Waals surface area (Å²) in [7, 11) is 0. The highest BCUT2D eigenvalue weighted by Crippen LogP contribution is 2.42. The van der Waals surface area contributed by atoms with Gasteiger partial charge in [-0.2, -0.15) is 0 Å². The van der Waals surface area contributed by atoms with Crippen molar-refractivity contribution >= 4 is 23.1 Å². The van der Waals surface area contributed by atoms with Crippen molar-refractivity contribution in [1.29, 1.82) is 0 Å². The number of hydrogen-bond acceptors (Lipinski definition) is 4. The van der Waals surface area contributed by atoms with Crippen LogP contribution < -0.4 is 4.90 Å². The van der Waals surface area contributed by atoms with E-state index in [0.717, 1.165) is 5.56 Å². The average Bonchev–Trinajstić information content (AvgIpc) is 3.05. The lowest BCUT2D eigenvalue weighted by Crippen LogP contribution is -2.29. The fraction of sp³-hybridized carbons (Fsp3) is 0.160. The molecule has 0 spiro atoms. The lowest BCUT2D eigenvalue weighted by molar-refractivity contribution is -0.132. The number of carbonyl (C=O) groups is 2. The zero-order valence-electron chi connectivity index (χ0n) is 17.1. The molecule has 3 aromatic rings. The number of aliphatic hydroxyl groups excluding tert-OH is 1. The predicted molar refractivity (Wildman–Crippen MR) is 116 cm³/mol. The van der Waals surface area contributed by atoms with Crippen molar-refractivity contribution < 1.29 is 19.1 Å². The Kier molecular flexibility index (Phi) is 5.38. The number of pyridine rings is 1. The van der Waals surface area contributed by atoms with Crippen molar-refractivity contribution in [3.05, 3.63) is 101 Å². The van der Waals surface area contributed by atoms with Gasteiger partial charge in [-0.3, -0.25) is 19.5 Å². The summed E-state index contributed by atoms with van der Waals surface area (Å²) in [6.45, 7) is 4.14. The van der Waals surface area contributed by atoms with E-state index in [-0.39, 0.29) is 16.9 Å². The van der Waals surface area contributed by atoms with Gasteiger partial charge < -0.3 is 5.11 Å². The summed E-state index contributed by atoms with van der Waals surface area (Å²) in [5.74, 6) is -2.02. The van der Waals surface area contributed by atoms with Crippen LogP contribution in [0.3, 0.4) is 0 Å². The van der Waals surface area contributed by atoms with Crippen LogP contribution in [0.15, 0.2) is 78.6 Å². The van der Waals surface area contributed by atoms with E-state index in [1.54, 1.807) is 36.7 Å². The molecule has 5 nitrogen and oxygen atoms in total. The quantitative estimate of drug-likeness (QED) is 0.370. The number of rotatable bonds is 4. The van der Waals surface area contributed by atoms with E-state index in [2.05, 4.69) is 18.8 Å². The molecule has 1 aliphatic rings. The van der Waals surface area contributed by atoms with E-state index >= 15 is 0 Å². The third-order valence-corrected chi connectivity index (χ3v) is 5.42. The van der Waals surface area contributed by atoms with Gasteiger partial charge in [-0.05, 0) is 65.6 Å².